The molecule has 0 aliphatic heterocycles. The number of benzene rings is 1. The Bertz CT molecular complexity index is 373. The lowest BCUT2D eigenvalue weighted by molar-refractivity contribution is -0.667. The van der Waals surface area contributed by atoms with Crippen molar-refractivity contribution in [3.8, 4) is 0 Å². The van der Waals surface area contributed by atoms with Crippen LogP contribution >= 0.6 is 0 Å². The van der Waals surface area contributed by atoms with Crippen LogP contribution in [0.1, 0.15) is 76.2 Å². The zero-order valence-corrected chi connectivity index (χ0v) is 16.5. The molecule has 0 radical (unpaired) electrons. The molecule has 1 rings (SSSR count). The van der Waals surface area contributed by atoms with Crippen molar-refractivity contribution in [2.75, 3.05) is 13.1 Å². The number of hydrogen-bond acceptors (Lipinski definition) is 2. The average molecular weight is 372 g/mol. The molecule has 0 unspecified atom stereocenters. The summed E-state index contributed by atoms with van der Waals surface area (Å²) in [6, 6.07) is 10.8. The van der Waals surface area contributed by atoms with Crippen molar-refractivity contribution in [3.63, 3.8) is 0 Å². The van der Waals surface area contributed by atoms with Crippen molar-refractivity contribution in [1.29, 1.82) is 0 Å². The molecular weight excluding hydrogens is 334 g/mol. The number of aryl methyl sites for hydroxylation is 1. The lowest BCUT2D eigenvalue weighted by atomic mass is 10.0. The quantitative estimate of drug-likeness (QED) is 0.291. The smallest absolute Gasteiger partial charge is 0.202 e. The maximum Gasteiger partial charge on any atom is 0.202 e. The van der Waals surface area contributed by atoms with E-state index in [0.717, 1.165) is 6.54 Å². The van der Waals surface area contributed by atoms with E-state index in [1.54, 1.807) is 0 Å². The van der Waals surface area contributed by atoms with Gasteiger partial charge in [0.15, 0.2) is 0 Å². The number of unbranched alkanes of at least 4 members (excludes halogenated alkanes) is 10. The monoisotopic (exact) mass is 371 g/mol. The summed E-state index contributed by atoms with van der Waals surface area (Å²) in [5.74, 6) is 0. The first kappa shape index (κ1) is 24.4. The first-order valence-corrected chi connectivity index (χ1v) is 10.0. The predicted octanol–water partition coefficient (Wildman–Crippen LogP) is 0.398. The third-order valence-corrected chi connectivity index (χ3v) is 4.59. The maximum absolute atomic E-state index is 8.72. The molecule has 4 N–H and O–H groups in total. The van der Waals surface area contributed by atoms with Crippen LogP contribution in [0.3, 0.4) is 0 Å². The van der Waals surface area contributed by atoms with Gasteiger partial charge in [0.2, 0.25) is 6.29 Å². The van der Waals surface area contributed by atoms with Crippen LogP contribution in [-0.2, 0) is 6.42 Å². The second-order valence-corrected chi connectivity index (χ2v) is 6.92. The Hall–Kier alpha value is -0.610. The van der Waals surface area contributed by atoms with E-state index >= 15 is 0 Å². The molecular formula is C21H38ClNO2. The SMILES string of the molecule is OC(O)C[NH2+]CCCCCCCCCCCCCc1ccccc1.[Cl-]. The second kappa shape index (κ2) is 18.2. The van der Waals surface area contributed by atoms with Gasteiger partial charge in [-0.2, -0.15) is 0 Å². The van der Waals surface area contributed by atoms with E-state index in [9.17, 15) is 0 Å². The molecule has 4 heteroatoms. The number of quaternary nitrogens is 1. The summed E-state index contributed by atoms with van der Waals surface area (Å²) < 4.78 is 0. The van der Waals surface area contributed by atoms with Gasteiger partial charge < -0.3 is 27.9 Å². The lowest BCUT2D eigenvalue weighted by Crippen LogP contribution is -3.00. The number of aliphatic hydroxyl groups is 2. The van der Waals surface area contributed by atoms with Crippen LogP contribution in [-0.4, -0.2) is 29.6 Å². The maximum atomic E-state index is 8.72. The third-order valence-electron chi connectivity index (χ3n) is 4.59. The highest BCUT2D eigenvalue weighted by Crippen LogP contribution is 2.12. The molecule has 0 amide bonds. The van der Waals surface area contributed by atoms with Crippen molar-refractivity contribution in [3.05, 3.63) is 35.9 Å². The highest BCUT2D eigenvalue weighted by molar-refractivity contribution is 5.14. The zero-order valence-electron chi connectivity index (χ0n) is 15.7. The average Bonchev–Trinajstić information content (AvgIpc) is 2.59. The number of rotatable bonds is 16. The number of hydrogen-bond donors (Lipinski definition) is 3. The fourth-order valence-electron chi connectivity index (χ4n) is 3.12. The van der Waals surface area contributed by atoms with Crippen LogP contribution in [0.4, 0.5) is 0 Å². The number of nitrogens with two attached hydrogens (primary N) is 1. The molecule has 25 heavy (non-hydrogen) atoms. The molecule has 1 aromatic carbocycles. The van der Waals surface area contributed by atoms with E-state index < -0.39 is 6.29 Å². The predicted molar refractivity (Wildman–Crippen MR) is 101 cm³/mol. The van der Waals surface area contributed by atoms with Crippen LogP contribution in [0.5, 0.6) is 0 Å². The van der Waals surface area contributed by atoms with E-state index in [2.05, 4.69) is 30.3 Å². The summed E-state index contributed by atoms with van der Waals surface area (Å²) in [4.78, 5) is 0. The summed E-state index contributed by atoms with van der Waals surface area (Å²) in [5.41, 5.74) is 1.47. The van der Waals surface area contributed by atoms with Gasteiger partial charge in [0, 0.05) is 0 Å². The van der Waals surface area contributed by atoms with Gasteiger partial charge in [-0.3, -0.25) is 0 Å². The topological polar surface area (TPSA) is 57.1 Å². The highest BCUT2D eigenvalue weighted by Gasteiger charge is 1.99. The summed E-state index contributed by atoms with van der Waals surface area (Å²) >= 11 is 0. The van der Waals surface area contributed by atoms with E-state index in [1.165, 1.54) is 82.6 Å². The molecule has 0 saturated carbocycles. The van der Waals surface area contributed by atoms with Crippen molar-refractivity contribution in [1.82, 2.24) is 0 Å². The Kier molecular flexibility index (Phi) is 17.7. The molecule has 0 saturated heterocycles. The Labute approximate surface area is 160 Å². The van der Waals surface area contributed by atoms with E-state index in [1.807, 2.05) is 5.32 Å². The van der Waals surface area contributed by atoms with Gasteiger partial charge in [0.25, 0.3) is 0 Å². The summed E-state index contributed by atoms with van der Waals surface area (Å²) in [6.07, 6.45) is 14.9. The van der Waals surface area contributed by atoms with Crippen molar-refractivity contribution in [2.45, 2.75) is 83.3 Å². The van der Waals surface area contributed by atoms with Gasteiger partial charge in [0.1, 0.15) is 6.54 Å². The standard InChI is InChI=1S/C21H37NO2.ClH/c23-21(24)19-22-18-14-9-7-5-3-1-2-4-6-8-11-15-20-16-12-10-13-17-20;/h10,12-13,16-17,21-24H,1-9,11,14-15,18-19H2;1H. The Morgan fingerprint density at radius 3 is 1.68 bits per heavy atom. The summed E-state index contributed by atoms with van der Waals surface area (Å²) in [6.45, 7) is 1.42. The van der Waals surface area contributed by atoms with Gasteiger partial charge in [-0.25, -0.2) is 0 Å². The summed E-state index contributed by atoms with van der Waals surface area (Å²) in [5, 5.41) is 19.4. The molecule has 146 valence electrons. The molecule has 0 aromatic heterocycles. The zero-order chi connectivity index (χ0) is 17.3. The number of aliphatic hydroxyl groups excluding tert-OH is 1. The molecule has 0 spiro atoms. The van der Waals surface area contributed by atoms with Crippen LogP contribution in [0.25, 0.3) is 0 Å². The van der Waals surface area contributed by atoms with Gasteiger partial charge in [-0.05, 0) is 31.2 Å². The molecule has 0 fully saturated rings. The Morgan fingerprint density at radius 2 is 1.16 bits per heavy atom. The van der Waals surface area contributed by atoms with Crippen LogP contribution in [0.15, 0.2) is 30.3 Å². The Balaban J connectivity index is 0.00000576. The molecule has 0 atom stereocenters. The first-order valence-electron chi connectivity index (χ1n) is 10.0. The van der Waals surface area contributed by atoms with Crippen LogP contribution in [0, 0.1) is 0 Å². The van der Waals surface area contributed by atoms with E-state index in [-0.39, 0.29) is 12.4 Å². The number of halogens is 1. The molecule has 0 heterocycles. The van der Waals surface area contributed by atoms with Crippen molar-refractivity contribution in [2.24, 2.45) is 0 Å². The molecule has 0 bridgehead atoms. The van der Waals surface area contributed by atoms with Crippen LogP contribution < -0.4 is 17.7 Å². The molecule has 0 aliphatic carbocycles. The van der Waals surface area contributed by atoms with E-state index in [4.69, 9.17) is 10.2 Å². The minimum atomic E-state index is -1.16. The van der Waals surface area contributed by atoms with Gasteiger partial charge in [0.05, 0.1) is 6.54 Å². The van der Waals surface area contributed by atoms with Gasteiger partial charge in [-0.15, -0.1) is 0 Å². The minimum Gasteiger partial charge on any atom is -1.00 e. The summed E-state index contributed by atoms with van der Waals surface area (Å²) in [7, 11) is 0. The highest BCUT2D eigenvalue weighted by atomic mass is 35.5. The molecule has 0 aliphatic rings. The molecule has 1 aromatic rings. The normalized spacial score (nSPS) is 10.8. The molecule has 3 nitrogen and oxygen atoms in total. The Morgan fingerprint density at radius 1 is 0.680 bits per heavy atom. The van der Waals surface area contributed by atoms with E-state index in [0.29, 0.717) is 6.54 Å². The van der Waals surface area contributed by atoms with Gasteiger partial charge >= 0.3 is 0 Å². The van der Waals surface area contributed by atoms with Gasteiger partial charge in [-0.1, -0.05) is 81.7 Å². The van der Waals surface area contributed by atoms with Crippen LogP contribution in [0.2, 0.25) is 0 Å². The minimum absolute atomic E-state index is 0. The third kappa shape index (κ3) is 16.6. The van der Waals surface area contributed by atoms with Crippen molar-refractivity contribution >= 4 is 0 Å². The largest absolute Gasteiger partial charge is 1.00 e. The first-order chi connectivity index (χ1) is 11.8. The van der Waals surface area contributed by atoms with Crippen molar-refractivity contribution < 1.29 is 27.9 Å². The second-order valence-electron chi connectivity index (χ2n) is 6.92. The fraction of sp³-hybridized carbons (Fsp3) is 0.714. The fourth-order valence-corrected chi connectivity index (χ4v) is 3.12. The lowest BCUT2D eigenvalue weighted by Gasteiger charge is -2.04.